The van der Waals surface area contributed by atoms with E-state index in [1.807, 2.05) is 0 Å². The molecule has 0 aromatic rings. The fourth-order valence-electron chi connectivity index (χ4n) is 0.246. The second kappa shape index (κ2) is 4.39. The molecule has 0 aromatic carbocycles. The van der Waals surface area contributed by atoms with E-state index < -0.39 is 0 Å². The number of carbonyl (C=O) groups excluding carboxylic acids is 1. The average Bonchev–Trinajstić information content (AvgIpc) is 1.87. The van der Waals surface area contributed by atoms with E-state index >= 15 is 0 Å². The Hall–Kier alpha value is -1.49. The Kier molecular flexibility index (Phi) is 3.74. The van der Waals surface area contributed by atoms with Crippen molar-refractivity contribution in [3.63, 3.8) is 0 Å². The van der Waals surface area contributed by atoms with Crippen molar-refractivity contribution in [2.24, 2.45) is 0 Å². The molecule has 52 valence electrons. The van der Waals surface area contributed by atoms with E-state index in [1.54, 1.807) is 0 Å². The van der Waals surface area contributed by atoms with E-state index in [1.165, 1.54) is 19.3 Å². The molecule has 0 bridgehead atoms. The number of rotatable bonds is 3. The van der Waals surface area contributed by atoms with Crippen LogP contribution in [0.2, 0.25) is 0 Å². The number of terminal acetylenes is 1. The van der Waals surface area contributed by atoms with Gasteiger partial charge in [-0.2, -0.15) is 0 Å². The summed E-state index contributed by atoms with van der Waals surface area (Å²) in [7, 11) is 0. The summed E-state index contributed by atoms with van der Waals surface area (Å²) in [5.41, 5.74) is 0. The van der Waals surface area contributed by atoms with Gasteiger partial charge in [-0.25, -0.2) is 0 Å². The molecule has 0 aliphatic heterocycles. The summed E-state index contributed by atoms with van der Waals surface area (Å²) in [6.45, 7) is 4.76. The van der Waals surface area contributed by atoms with Gasteiger partial charge in [0.15, 0.2) is 11.5 Å². The summed E-state index contributed by atoms with van der Waals surface area (Å²) in [6, 6.07) is 0. The highest BCUT2D eigenvalue weighted by atomic mass is 16.5. The summed E-state index contributed by atoms with van der Waals surface area (Å²) in [5, 5.41) is 0. The Morgan fingerprint density at radius 3 is 2.80 bits per heavy atom. The van der Waals surface area contributed by atoms with Crippen molar-refractivity contribution in [2.75, 3.05) is 0 Å². The zero-order valence-corrected chi connectivity index (χ0v) is 5.76. The number of allylic oxidation sites excluding steroid dienone is 2. The van der Waals surface area contributed by atoms with Gasteiger partial charge in [-0.15, -0.1) is 6.42 Å². The predicted octanol–water partition coefficient (Wildman–Crippen LogP) is 1.25. The van der Waals surface area contributed by atoms with Crippen LogP contribution in [0.5, 0.6) is 0 Å². The largest absolute Gasteiger partial charge is 0.457 e. The van der Waals surface area contributed by atoms with Crippen molar-refractivity contribution in [1.29, 1.82) is 0 Å². The minimum absolute atomic E-state index is 0.0928. The second-order valence-electron chi connectivity index (χ2n) is 1.60. The van der Waals surface area contributed by atoms with Crippen molar-refractivity contribution in [3.8, 4) is 12.3 Å². The number of ketones is 1. The van der Waals surface area contributed by atoms with Crippen LogP contribution in [0.15, 0.2) is 24.7 Å². The van der Waals surface area contributed by atoms with E-state index in [9.17, 15) is 4.79 Å². The number of hydrogen-bond acceptors (Lipinski definition) is 2. The van der Waals surface area contributed by atoms with Crippen LogP contribution >= 0.6 is 0 Å². The van der Waals surface area contributed by atoms with Crippen molar-refractivity contribution in [3.05, 3.63) is 24.7 Å². The molecule has 0 heterocycles. The molecular weight excluding hydrogens is 128 g/mol. The van der Waals surface area contributed by atoms with E-state index in [-0.39, 0.29) is 11.5 Å². The fourth-order valence-corrected chi connectivity index (χ4v) is 0.246. The third-order valence-electron chi connectivity index (χ3n) is 0.674. The smallest absolute Gasteiger partial charge is 0.169 e. The first kappa shape index (κ1) is 8.51. The lowest BCUT2D eigenvalue weighted by Gasteiger charge is -1.91. The highest BCUT2D eigenvalue weighted by Crippen LogP contribution is 1.90. The molecule has 0 amide bonds. The first-order valence-electron chi connectivity index (χ1n) is 2.66. The van der Waals surface area contributed by atoms with Crippen LogP contribution in [0.4, 0.5) is 0 Å². The monoisotopic (exact) mass is 136 g/mol. The molecule has 2 nitrogen and oxygen atoms in total. The first-order chi connectivity index (χ1) is 4.66. The lowest BCUT2D eigenvalue weighted by molar-refractivity contribution is -0.112. The third-order valence-corrected chi connectivity index (χ3v) is 0.674. The highest BCUT2D eigenvalue weighted by molar-refractivity contribution is 5.86. The van der Waals surface area contributed by atoms with Crippen LogP contribution in [0.1, 0.15) is 6.92 Å². The first-order valence-corrected chi connectivity index (χ1v) is 2.66. The molecule has 0 radical (unpaired) electrons. The van der Waals surface area contributed by atoms with Crippen LogP contribution in [-0.4, -0.2) is 5.78 Å². The Bertz CT molecular complexity index is 206. The molecule has 0 aliphatic rings. The Morgan fingerprint density at radius 1 is 1.80 bits per heavy atom. The fraction of sp³-hybridized carbons (Fsp3) is 0.125. The summed E-state index contributed by atoms with van der Waals surface area (Å²) in [4.78, 5) is 10.3. The summed E-state index contributed by atoms with van der Waals surface area (Å²) < 4.78 is 4.67. The van der Waals surface area contributed by atoms with Gasteiger partial charge in [0.25, 0.3) is 0 Å². The minimum Gasteiger partial charge on any atom is -0.457 e. The molecular formula is C8H8O2. The van der Waals surface area contributed by atoms with Gasteiger partial charge in [0.2, 0.25) is 0 Å². The maximum atomic E-state index is 10.3. The van der Waals surface area contributed by atoms with Crippen LogP contribution in [0.3, 0.4) is 0 Å². The van der Waals surface area contributed by atoms with Gasteiger partial charge in [0, 0.05) is 6.08 Å². The van der Waals surface area contributed by atoms with Gasteiger partial charge in [-0.1, -0.05) is 0 Å². The quantitative estimate of drug-likeness (QED) is 0.331. The molecule has 0 unspecified atom stereocenters. The van der Waals surface area contributed by atoms with Crippen LogP contribution in [0, 0.1) is 12.3 Å². The molecule has 0 rings (SSSR count). The number of ether oxygens (including phenoxy) is 1. The van der Waals surface area contributed by atoms with Gasteiger partial charge < -0.3 is 4.74 Å². The highest BCUT2D eigenvalue weighted by Gasteiger charge is 1.83. The maximum Gasteiger partial charge on any atom is 0.169 e. The lowest BCUT2D eigenvalue weighted by atomic mass is 10.4. The SMILES string of the molecule is C#CC(=C)O/C=C/C(C)=O. The van der Waals surface area contributed by atoms with Gasteiger partial charge in [-0.05, 0) is 19.4 Å². The predicted molar refractivity (Wildman–Crippen MR) is 38.9 cm³/mol. The van der Waals surface area contributed by atoms with Gasteiger partial charge >= 0.3 is 0 Å². The van der Waals surface area contributed by atoms with E-state index in [4.69, 9.17) is 6.42 Å². The summed E-state index contributed by atoms with van der Waals surface area (Å²) in [5.74, 6) is 2.26. The topological polar surface area (TPSA) is 26.3 Å². The summed E-state index contributed by atoms with van der Waals surface area (Å²) in [6.07, 6.45) is 7.37. The van der Waals surface area contributed by atoms with Crippen molar-refractivity contribution >= 4 is 5.78 Å². The molecule has 10 heavy (non-hydrogen) atoms. The van der Waals surface area contributed by atoms with Gasteiger partial charge in [-0.3, -0.25) is 4.79 Å². The Balaban J connectivity index is 3.67. The summed E-state index contributed by atoms with van der Waals surface area (Å²) >= 11 is 0. The molecule has 0 spiro atoms. The van der Waals surface area contributed by atoms with E-state index in [0.717, 1.165) is 0 Å². The maximum absolute atomic E-state index is 10.3. The Labute approximate surface area is 60.2 Å². The number of hydrogen-bond donors (Lipinski definition) is 0. The molecule has 0 fully saturated rings. The van der Waals surface area contributed by atoms with Gasteiger partial charge in [0.05, 0.1) is 6.26 Å². The average molecular weight is 136 g/mol. The number of carbonyl (C=O) groups is 1. The molecule has 0 aromatic heterocycles. The lowest BCUT2D eigenvalue weighted by Crippen LogP contribution is -1.82. The second-order valence-corrected chi connectivity index (χ2v) is 1.60. The van der Waals surface area contributed by atoms with Crippen LogP contribution in [-0.2, 0) is 9.53 Å². The molecule has 0 N–H and O–H groups in total. The van der Waals surface area contributed by atoms with Crippen molar-refractivity contribution < 1.29 is 9.53 Å². The van der Waals surface area contributed by atoms with Crippen molar-refractivity contribution in [1.82, 2.24) is 0 Å². The standard InChI is InChI=1S/C8H8O2/c1-4-8(3)10-6-5-7(2)9/h1,5-6H,3H2,2H3/b6-5+. The molecule has 0 aliphatic carbocycles. The van der Waals surface area contributed by atoms with E-state index in [2.05, 4.69) is 17.2 Å². The van der Waals surface area contributed by atoms with Crippen LogP contribution in [0.25, 0.3) is 0 Å². The van der Waals surface area contributed by atoms with E-state index in [0.29, 0.717) is 0 Å². The Morgan fingerprint density at radius 2 is 2.40 bits per heavy atom. The molecule has 0 saturated carbocycles. The molecule has 0 atom stereocenters. The molecule has 2 heteroatoms. The third kappa shape index (κ3) is 4.66. The minimum atomic E-state index is -0.0928. The van der Waals surface area contributed by atoms with Gasteiger partial charge in [0.1, 0.15) is 0 Å². The normalized spacial score (nSPS) is 8.80. The molecule has 0 saturated heterocycles. The van der Waals surface area contributed by atoms with Crippen molar-refractivity contribution in [2.45, 2.75) is 6.92 Å². The zero-order valence-electron chi connectivity index (χ0n) is 5.76. The van der Waals surface area contributed by atoms with Crippen LogP contribution < -0.4 is 0 Å². The zero-order chi connectivity index (χ0) is 7.98.